The quantitative estimate of drug-likeness (QED) is 0.504. The zero-order valence-corrected chi connectivity index (χ0v) is 18.0. The van der Waals surface area contributed by atoms with Crippen molar-refractivity contribution in [2.24, 2.45) is 7.05 Å². The number of carbonyl (C=O) groups is 1. The van der Waals surface area contributed by atoms with E-state index in [9.17, 15) is 10.1 Å². The number of carbonyl (C=O) groups excluding carboxylic acids is 1. The van der Waals surface area contributed by atoms with Gasteiger partial charge in [0.25, 0.3) is 5.91 Å². The van der Waals surface area contributed by atoms with Crippen molar-refractivity contribution in [2.45, 2.75) is 19.8 Å². The number of hydrogen-bond acceptors (Lipinski definition) is 4. The molecule has 0 aliphatic carbocycles. The standard InChI is InChI=1S/C25H22N6O/c1-17-12-19-8-11-30(24-21(15-26)16-29(2)28-24)25(32)23(19)14-20(17)13-18-4-6-22(7-5-18)31-10-3-9-27-31/h3-7,9-10,12,14,16H,8,11,13H2,1-2H3. The molecule has 32 heavy (non-hydrogen) atoms. The summed E-state index contributed by atoms with van der Waals surface area (Å²) in [6.45, 7) is 2.61. The van der Waals surface area contributed by atoms with Crippen LogP contribution >= 0.6 is 0 Å². The van der Waals surface area contributed by atoms with E-state index >= 15 is 0 Å². The molecular formula is C25H22N6O. The summed E-state index contributed by atoms with van der Waals surface area (Å²) in [6, 6.07) is 16.5. The van der Waals surface area contributed by atoms with E-state index in [1.54, 1.807) is 29.0 Å². The fourth-order valence-corrected chi connectivity index (χ4v) is 4.25. The second-order valence-electron chi connectivity index (χ2n) is 8.09. The highest BCUT2D eigenvalue weighted by Gasteiger charge is 2.29. The topological polar surface area (TPSA) is 79.7 Å². The highest BCUT2D eigenvalue weighted by atomic mass is 16.2. The average Bonchev–Trinajstić information content (AvgIpc) is 3.45. The van der Waals surface area contributed by atoms with Crippen molar-refractivity contribution < 1.29 is 4.79 Å². The average molecular weight is 422 g/mol. The Morgan fingerprint density at radius 3 is 2.72 bits per heavy atom. The molecule has 0 fully saturated rings. The van der Waals surface area contributed by atoms with E-state index in [4.69, 9.17) is 0 Å². The second kappa shape index (κ2) is 7.82. The summed E-state index contributed by atoms with van der Waals surface area (Å²) >= 11 is 0. The highest BCUT2D eigenvalue weighted by molar-refractivity contribution is 6.08. The van der Waals surface area contributed by atoms with Crippen molar-refractivity contribution in [1.82, 2.24) is 19.6 Å². The first kappa shape index (κ1) is 19.8. The van der Waals surface area contributed by atoms with Crippen LogP contribution in [0.1, 0.15) is 38.2 Å². The molecule has 0 saturated carbocycles. The Morgan fingerprint density at radius 2 is 2.00 bits per heavy atom. The smallest absolute Gasteiger partial charge is 0.259 e. The normalized spacial score (nSPS) is 13.2. The molecule has 158 valence electrons. The molecule has 5 rings (SSSR count). The van der Waals surface area contributed by atoms with Crippen molar-refractivity contribution in [1.29, 1.82) is 5.26 Å². The van der Waals surface area contributed by atoms with Crippen LogP contribution in [0.5, 0.6) is 0 Å². The van der Waals surface area contributed by atoms with Gasteiger partial charge in [-0.25, -0.2) is 4.68 Å². The van der Waals surface area contributed by atoms with Crippen molar-refractivity contribution >= 4 is 11.7 Å². The molecule has 7 heteroatoms. The number of benzene rings is 2. The monoisotopic (exact) mass is 422 g/mol. The Labute approximate surface area is 186 Å². The number of aromatic nitrogens is 4. The largest absolute Gasteiger partial charge is 0.290 e. The van der Waals surface area contributed by atoms with Crippen LogP contribution in [0.3, 0.4) is 0 Å². The van der Waals surface area contributed by atoms with Gasteiger partial charge in [0, 0.05) is 37.7 Å². The molecule has 0 bridgehead atoms. The van der Waals surface area contributed by atoms with Crippen LogP contribution in [0.25, 0.3) is 5.69 Å². The van der Waals surface area contributed by atoms with E-state index in [1.165, 1.54) is 11.1 Å². The Morgan fingerprint density at radius 1 is 1.19 bits per heavy atom. The summed E-state index contributed by atoms with van der Waals surface area (Å²) in [5.41, 5.74) is 6.63. The lowest BCUT2D eigenvalue weighted by molar-refractivity contribution is 0.0979. The van der Waals surface area contributed by atoms with Gasteiger partial charge in [-0.05, 0) is 66.3 Å². The molecule has 1 aliphatic rings. The SMILES string of the molecule is Cc1cc2c(cc1Cc1ccc(-n3cccn3)cc1)C(=O)N(c1nn(C)cc1C#N)CC2. The summed E-state index contributed by atoms with van der Waals surface area (Å²) in [4.78, 5) is 15.0. The van der Waals surface area contributed by atoms with Crippen LogP contribution in [0.2, 0.25) is 0 Å². The van der Waals surface area contributed by atoms with Crippen LogP contribution in [-0.4, -0.2) is 32.0 Å². The Kier molecular flexibility index (Phi) is 4.83. The van der Waals surface area contributed by atoms with Crippen LogP contribution in [0.15, 0.2) is 61.1 Å². The van der Waals surface area contributed by atoms with E-state index in [2.05, 4.69) is 41.4 Å². The first-order valence-electron chi connectivity index (χ1n) is 10.5. The minimum atomic E-state index is -0.100. The number of rotatable bonds is 4. The summed E-state index contributed by atoms with van der Waals surface area (Å²) in [5, 5.41) is 18.0. The van der Waals surface area contributed by atoms with E-state index in [0.717, 1.165) is 29.7 Å². The van der Waals surface area contributed by atoms with Crippen molar-refractivity contribution in [3.05, 3.63) is 94.4 Å². The fourth-order valence-electron chi connectivity index (χ4n) is 4.25. The van der Waals surface area contributed by atoms with Gasteiger partial charge in [0.2, 0.25) is 0 Å². The molecule has 0 atom stereocenters. The van der Waals surface area contributed by atoms with Crippen LogP contribution < -0.4 is 4.90 Å². The highest BCUT2D eigenvalue weighted by Crippen LogP contribution is 2.29. The molecule has 0 radical (unpaired) electrons. The molecular weight excluding hydrogens is 400 g/mol. The number of anilines is 1. The summed E-state index contributed by atoms with van der Waals surface area (Å²) < 4.78 is 3.40. The fraction of sp³-hybridized carbons (Fsp3) is 0.200. The van der Waals surface area contributed by atoms with Gasteiger partial charge in [-0.2, -0.15) is 15.5 Å². The first-order valence-corrected chi connectivity index (χ1v) is 10.5. The molecule has 0 spiro atoms. The Hall–Kier alpha value is -4.18. The van der Waals surface area contributed by atoms with Gasteiger partial charge in [-0.15, -0.1) is 0 Å². The number of nitrogens with zero attached hydrogens (tertiary/aromatic N) is 6. The molecule has 0 unspecified atom stereocenters. The van der Waals surface area contributed by atoms with Crippen LogP contribution in [0, 0.1) is 18.3 Å². The molecule has 3 heterocycles. The maximum Gasteiger partial charge on any atom is 0.259 e. The third-order valence-electron chi connectivity index (χ3n) is 5.93. The number of nitriles is 1. The summed E-state index contributed by atoms with van der Waals surface area (Å²) in [6.07, 6.45) is 6.79. The molecule has 1 amide bonds. The molecule has 0 saturated heterocycles. The van der Waals surface area contributed by atoms with Crippen LogP contribution in [-0.2, 0) is 19.9 Å². The maximum atomic E-state index is 13.3. The first-order chi connectivity index (χ1) is 15.5. The van der Waals surface area contributed by atoms with Gasteiger partial charge in [0.05, 0.1) is 5.69 Å². The number of amides is 1. The second-order valence-corrected chi connectivity index (χ2v) is 8.09. The lowest BCUT2D eigenvalue weighted by Gasteiger charge is -2.28. The van der Waals surface area contributed by atoms with Crippen molar-refractivity contribution in [2.75, 3.05) is 11.4 Å². The lowest BCUT2D eigenvalue weighted by atomic mass is 9.91. The van der Waals surface area contributed by atoms with E-state index in [1.807, 2.05) is 35.1 Å². The van der Waals surface area contributed by atoms with Gasteiger partial charge in [0.1, 0.15) is 11.6 Å². The van der Waals surface area contributed by atoms with Crippen LogP contribution in [0.4, 0.5) is 5.82 Å². The van der Waals surface area contributed by atoms with Crippen molar-refractivity contribution in [3.8, 4) is 11.8 Å². The predicted molar refractivity (Wildman–Crippen MR) is 121 cm³/mol. The van der Waals surface area contributed by atoms with Gasteiger partial charge < -0.3 is 0 Å². The molecule has 7 nitrogen and oxygen atoms in total. The number of fused-ring (bicyclic) bond motifs is 1. The van der Waals surface area contributed by atoms with Gasteiger partial charge >= 0.3 is 0 Å². The third-order valence-corrected chi connectivity index (χ3v) is 5.93. The zero-order chi connectivity index (χ0) is 22.2. The molecule has 0 N–H and O–H groups in total. The molecule has 4 aromatic rings. The van der Waals surface area contributed by atoms with Crippen molar-refractivity contribution in [3.63, 3.8) is 0 Å². The minimum Gasteiger partial charge on any atom is -0.290 e. The predicted octanol–water partition coefficient (Wildman–Crippen LogP) is 3.58. The van der Waals surface area contributed by atoms with Gasteiger partial charge in [-0.3, -0.25) is 14.4 Å². The number of aryl methyl sites for hydroxylation is 2. The van der Waals surface area contributed by atoms with Gasteiger partial charge in [-0.1, -0.05) is 18.2 Å². The minimum absolute atomic E-state index is 0.100. The molecule has 2 aromatic carbocycles. The summed E-state index contributed by atoms with van der Waals surface area (Å²) in [7, 11) is 1.76. The van der Waals surface area contributed by atoms with E-state index in [0.29, 0.717) is 23.5 Å². The van der Waals surface area contributed by atoms with E-state index < -0.39 is 0 Å². The molecule has 2 aromatic heterocycles. The maximum absolute atomic E-state index is 13.3. The lowest BCUT2D eigenvalue weighted by Crippen LogP contribution is -2.38. The third kappa shape index (κ3) is 3.46. The molecule has 1 aliphatic heterocycles. The van der Waals surface area contributed by atoms with E-state index in [-0.39, 0.29) is 5.91 Å². The number of hydrogen-bond donors (Lipinski definition) is 0. The summed E-state index contributed by atoms with van der Waals surface area (Å²) in [5.74, 6) is 0.332. The Balaban J connectivity index is 1.44. The Bertz CT molecular complexity index is 1340. The van der Waals surface area contributed by atoms with Gasteiger partial charge in [0.15, 0.2) is 5.82 Å². The zero-order valence-electron chi connectivity index (χ0n) is 18.0.